The lowest BCUT2D eigenvalue weighted by Gasteiger charge is -2.22. The molecule has 2 rings (SSSR count). The molecular formula is C14H18Cl2FN3. The molecule has 3 nitrogen and oxygen atoms in total. The summed E-state index contributed by atoms with van der Waals surface area (Å²) >= 11 is 12.0. The van der Waals surface area contributed by atoms with Crippen LogP contribution in [0.3, 0.4) is 0 Å². The first-order valence-corrected chi connectivity index (χ1v) is 7.28. The average Bonchev–Trinajstić information content (AvgIpc) is 2.68. The number of imidazole rings is 1. The largest absolute Gasteiger partial charge is 0.325 e. The van der Waals surface area contributed by atoms with E-state index in [9.17, 15) is 4.39 Å². The minimum absolute atomic E-state index is 0.0802. The molecule has 6 heteroatoms. The van der Waals surface area contributed by atoms with E-state index in [0.717, 1.165) is 11.3 Å². The normalized spacial score (nSPS) is 15.0. The Balaban J connectivity index is 2.59. The molecule has 0 saturated carbocycles. The number of halogens is 3. The van der Waals surface area contributed by atoms with Crippen molar-refractivity contribution >= 4 is 34.2 Å². The van der Waals surface area contributed by atoms with Crippen LogP contribution in [0.2, 0.25) is 5.02 Å². The molecule has 20 heavy (non-hydrogen) atoms. The van der Waals surface area contributed by atoms with Gasteiger partial charge in [0.25, 0.3) is 0 Å². The number of nitrogens with zero attached hydrogens (tertiary/aromatic N) is 3. The van der Waals surface area contributed by atoms with Crippen molar-refractivity contribution in [1.82, 2.24) is 14.5 Å². The van der Waals surface area contributed by atoms with Crippen molar-refractivity contribution in [3.05, 3.63) is 28.8 Å². The molecule has 110 valence electrons. The van der Waals surface area contributed by atoms with E-state index in [1.165, 1.54) is 6.07 Å². The zero-order valence-electron chi connectivity index (χ0n) is 12.0. The molecule has 0 amide bonds. The van der Waals surface area contributed by atoms with Gasteiger partial charge in [-0.1, -0.05) is 11.6 Å². The highest BCUT2D eigenvalue weighted by atomic mass is 35.5. The number of aromatic nitrogens is 2. The van der Waals surface area contributed by atoms with Crippen molar-refractivity contribution in [2.24, 2.45) is 0 Å². The van der Waals surface area contributed by atoms with E-state index < -0.39 is 5.82 Å². The Kier molecular flexibility index (Phi) is 4.57. The fourth-order valence-corrected chi connectivity index (χ4v) is 2.39. The second-order valence-electron chi connectivity index (χ2n) is 5.26. The van der Waals surface area contributed by atoms with E-state index in [1.54, 1.807) is 6.07 Å². The second-order valence-corrected chi connectivity index (χ2v) is 6.33. The van der Waals surface area contributed by atoms with Crippen LogP contribution in [-0.4, -0.2) is 34.6 Å². The fraction of sp³-hybridized carbons (Fsp3) is 0.500. The first kappa shape index (κ1) is 15.5. The van der Waals surface area contributed by atoms with E-state index in [1.807, 2.05) is 25.6 Å². The van der Waals surface area contributed by atoms with Crippen LogP contribution < -0.4 is 0 Å². The standard InChI is InChI=1S/C14H18Cl2FN3/c1-8(19(3)4)7-20-13-6-11(17)10(16)5-12(13)18-14(20)9(2)15/h5-6,8-9H,7H2,1-4H3. The molecule has 2 atom stereocenters. The first-order chi connectivity index (χ1) is 9.31. The Bertz CT molecular complexity index is 622. The van der Waals surface area contributed by atoms with E-state index in [4.69, 9.17) is 23.2 Å². The monoisotopic (exact) mass is 317 g/mol. The topological polar surface area (TPSA) is 21.1 Å². The molecule has 1 aromatic carbocycles. The smallest absolute Gasteiger partial charge is 0.144 e. The van der Waals surface area contributed by atoms with Crippen LogP contribution in [-0.2, 0) is 6.54 Å². The van der Waals surface area contributed by atoms with Crippen LogP contribution in [0.1, 0.15) is 25.0 Å². The summed E-state index contributed by atoms with van der Waals surface area (Å²) in [5.74, 6) is 0.295. The summed E-state index contributed by atoms with van der Waals surface area (Å²) in [5.41, 5.74) is 1.40. The fourth-order valence-electron chi connectivity index (χ4n) is 2.06. The third-order valence-electron chi connectivity index (χ3n) is 3.50. The van der Waals surface area contributed by atoms with Gasteiger partial charge in [0.1, 0.15) is 11.6 Å². The quantitative estimate of drug-likeness (QED) is 0.792. The van der Waals surface area contributed by atoms with Gasteiger partial charge in [0.05, 0.1) is 21.4 Å². The highest BCUT2D eigenvalue weighted by Gasteiger charge is 2.19. The molecule has 0 aliphatic rings. The molecule has 0 radical (unpaired) electrons. The molecule has 0 aliphatic heterocycles. The van der Waals surface area contributed by atoms with Gasteiger partial charge < -0.3 is 9.47 Å². The molecule has 0 saturated heterocycles. The molecule has 0 aliphatic carbocycles. The molecule has 2 unspecified atom stereocenters. The number of hydrogen-bond acceptors (Lipinski definition) is 2. The van der Waals surface area contributed by atoms with E-state index in [2.05, 4.69) is 16.8 Å². The summed E-state index contributed by atoms with van der Waals surface area (Å²) < 4.78 is 15.7. The Morgan fingerprint density at radius 3 is 2.55 bits per heavy atom. The van der Waals surface area contributed by atoms with Gasteiger partial charge in [-0.3, -0.25) is 0 Å². The number of fused-ring (bicyclic) bond motifs is 1. The maximum Gasteiger partial charge on any atom is 0.144 e. The predicted octanol–water partition coefficient (Wildman–Crippen LogP) is 4.08. The molecule has 1 aromatic heterocycles. The lowest BCUT2D eigenvalue weighted by atomic mass is 10.2. The third kappa shape index (κ3) is 2.92. The molecular weight excluding hydrogens is 300 g/mol. The van der Waals surface area contributed by atoms with Crippen LogP contribution >= 0.6 is 23.2 Å². The molecule has 0 bridgehead atoms. The Hall–Kier alpha value is -0.840. The van der Waals surface area contributed by atoms with Crippen LogP contribution in [0.25, 0.3) is 11.0 Å². The van der Waals surface area contributed by atoms with Crippen molar-refractivity contribution in [1.29, 1.82) is 0 Å². The van der Waals surface area contributed by atoms with Crippen LogP contribution in [0.4, 0.5) is 4.39 Å². The lowest BCUT2D eigenvalue weighted by molar-refractivity contribution is 0.284. The van der Waals surface area contributed by atoms with Gasteiger partial charge in [-0.15, -0.1) is 11.6 Å². The van der Waals surface area contributed by atoms with E-state index >= 15 is 0 Å². The van der Waals surface area contributed by atoms with Crippen LogP contribution in [0.15, 0.2) is 12.1 Å². The minimum Gasteiger partial charge on any atom is -0.325 e. The maximum atomic E-state index is 13.7. The van der Waals surface area contributed by atoms with Gasteiger partial charge >= 0.3 is 0 Å². The summed E-state index contributed by atoms with van der Waals surface area (Å²) in [6, 6.07) is 3.25. The van der Waals surface area contributed by atoms with Gasteiger partial charge in [-0.05, 0) is 34.0 Å². The van der Waals surface area contributed by atoms with Gasteiger partial charge in [0.15, 0.2) is 0 Å². The number of benzene rings is 1. The van der Waals surface area contributed by atoms with E-state index in [0.29, 0.717) is 12.1 Å². The van der Waals surface area contributed by atoms with Crippen molar-refractivity contribution in [3.8, 4) is 0 Å². The first-order valence-electron chi connectivity index (χ1n) is 6.47. The number of likely N-dealkylation sites (N-methyl/N-ethyl adjacent to an activating group) is 1. The van der Waals surface area contributed by atoms with Crippen LogP contribution in [0, 0.1) is 5.82 Å². The Labute approximate surface area is 128 Å². The molecule has 2 aromatic rings. The van der Waals surface area contributed by atoms with Gasteiger partial charge in [0.2, 0.25) is 0 Å². The molecule has 0 N–H and O–H groups in total. The van der Waals surface area contributed by atoms with Crippen molar-refractivity contribution in [3.63, 3.8) is 0 Å². The Morgan fingerprint density at radius 1 is 1.35 bits per heavy atom. The number of alkyl halides is 1. The summed E-state index contributed by atoms with van der Waals surface area (Å²) in [6.07, 6.45) is 0. The number of rotatable bonds is 4. The van der Waals surface area contributed by atoms with Gasteiger partial charge in [-0.25, -0.2) is 9.37 Å². The SMILES string of the molecule is CC(Cl)c1nc2cc(Cl)c(F)cc2n1CC(C)N(C)C. The minimum atomic E-state index is -0.438. The Morgan fingerprint density at radius 2 is 2.00 bits per heavy atom. The van der Waals surface area contributed by atoms with Gasteiger partial charge in [0, 0.05) is 18.7 Å². The molecule has 1 heterocycles. The summed E-state index contributed by atoms with van der Waals surface area (Å²) in [5, 5.41) is -0.171. The summed E-state index contributed by atoms with van der Waals surface area (Å²) in [7, 11) is 4.01. The lowest BCUT2D eigenvalue weighted by Crippen LogP contribution is -2.29. The summed E-state index contributed by atoms with van der Waals surface area (Å²) in [6.45, 7) is 4.65. The zero-order chi connectivity index (χ0) is 15.0. The van der Waals surface area contributed by atoms with Crippen molar-refractivity contribution < 1.29 is 4.39 Å². The van der Waals surface area contributed by atoms with Crippen LogP contribution in [0.5, 0.6) is 0 Å². The summed E-state index contributed by atoms with van der Waals surface area (Å²) in [4.78, 5) is 6.59. The highest BCUT2D eigenvalue weighted by molar-refractivity contribution is 6.31. The van der Waals surface area contributed by atoms with Crippen molar-refractivity contribution in [2.45, 2.75) is 31.8 Å². The van der Waals surface area contributed by atoms with Gasteiger partial charge in [-0.2, -0.15) is 0 Å². The third-order valence-corrected chi connectivity index (χ3v) is 3.99. The predicted molar refractivity (Wildman–Crippen MR) is 82.1 cm³/mol. The zero-order valence-corrected chi connectivity index (χ0v) is 13.5. The average molecular weight is 318 g/mol. The maximum absolute atomic E-state index is 13.7. The van der Waals surface area contributed by atoms with Crippen molar-refractivity contribution in [2.75, 3.05) is 14.1 Å². The number of hydrogen-bond donors (Lipinski definition) is 0. The molecule has 0 fully saturated rings. The second kappa shape index (κ2) is 5.88. The highest BCUT2D eigenvalue weighted by Crippen LogP contribution is 2.28. The molecule has 0 spiro atoms. The van der Waals surface area contributed by atoms with E-state index in [-0.39, 0.29) is 16.4 Å².